The van der Waals surface area contributed by atoms with Gasteiger partial charge in [0.15, 0.2) is 0 Å². The highest BCUT2D eigenvalue weighted by molar-refractivity contribution is 5.40. The van der Waals surface area contributed by atoms with Crippen molar-refractivity contribution in [3.63, 3.8) is 0 Å². The normalized spacial score (nSPS) is 13.6. The van der Waals surface area contributed by atoms with Crippen LogP contribution in [0.4, 0.5) is 0 Å². The van der Waals surface area contributed by atoms with Gasteiger partial charge in [-0.3, -0.25) is 0 Å². The first-order valence-corrected chi connectivity index (χ1v) is 7.63. The minimum atomic E-state index is 0.227. The van der Waals surface area contributed by atoms with E-state index in [9.17, 15) is 10.2 Å². The number of rotatable bonds is 6. The minimum Gasteiger partial charge on any atom is -0.508 e. The van der Waals surface area contributed by atoms with E-state index in [1.807, 2.05) is 18.2 Å². The molecule has 0 aliphatic carbocycles. The first-order valence-electron chi connectivity index (χ1n) is 7.63. The van der Waals surface area contributed by atoms with Gasteiger partial charge in [0, 0.05) is 6.07 Å². The standard InChI is InChI=1S/C19H24O3/c1-13(10-15-4-7-17(20)8-5-15)14(2)11-16-6-9-18(21)12-19(16)22-3/h4-9,12-14,20-21H,10-11H2,1-3H3. The van der Waals surface area contributed by atoms with Gasteiger partial charge in [-0.1, -0.05) is 32.0 Å². The molecule has 0 radical (unpaired) electrons. The highest BCUT2D eigenvalue weighted by atomic mass is 16.5. The monoisotopic (exact) mass is 300 g/mol. The molecular weight excluding hydrogens is 276 g/mol. The molecule has 0 spiro atoms. The van der Waals surface area contributed by atoms with E-state index in [1.165, 1.54) is 5.56 Å². The highest BCUT2D eigenvalue weighted by Gasteiger charge is 2.16. The predicted molar refractivity (Wildman–Crippen MR) is 88.5 cm³/mol. The molecule has 0 amide bonds. The van der Waals surface area contributed by atoms with Crippen molar-refractivity contribution in [1.82, 2.24) is 0 Å². The number of hydrogen-bond donors (Lipinski definition) is 2. The molecule has 118 valence electrons. The third-order valence-corrected chi connectivity index (χ3v) is 4.28. The Morgan fingerprint density at radius 3 is 2.09 bits per heavy atom. The van der Waals surface area contributed by atoms with Gasteiger partial charge in [0.25, 0.3) is 0 Å². The molecule has 2 unspecified atom stereocenters. The molecule has 3 nitrogen and oxygen atoms in total. The Bertz CT molecular complexity index is 605. The zero-order valence-electron chi connectivity index (χ0n) is 13.4. The first-order chi connectivity index (χ1) is 10.5. The van der Waals surface area contributed by atoms with Crippen molar-refractivity contribution in [2.45, 2.75) is 26.7 Å². The number of benzene rings is 2. The fourth-order valence-corrected chi connectivity index (χ4v) is 2.65. The first kappa shape index (κ1) is 16.2. The average molecular weight is 300 g/mol. The quantitative estimate of drug-likeness (QED) is 0.842. The van der Waals surface area contributed by atoms with Crippen LogP contribution in [0, 0.1) is 11.8 Å². The summed E-state index contributed by atoms with van der Waals surface area (Å²) in [6.45, 7) is 4.47. The summed E-state index contributed by atoms with van der Waals surface area (Å²) in [5.74, 6) is 2.25. The number of phenols is 2. The van der Waals surface area contributed by atoms with Crippen molar-refractivity contribution in [2.24, 2.45) is 11.8 Å². The molecule has 2 aromatic carbocycles. The van der Waals surface area contributed by atoms with Gasteiger partial charge in [-0.25, -0.2) is 0 Å². The molecule has 0 aliphatic rings. The Morgan fingerprint density at radius 1 is 0.864 bits per heavy atom. The molecule has 22 heavy (non-hydrogen) atoms. The van der Waals surface area contributed by atoms with Crippen molar-refractivity contribution in [1.29, 1.82) is 0 Å². The second kappa shape index (κ2) is 7.21. The summed E-state index contributed by atoms with van der Waals surface area (Å²) >= 11 is 0. The van der Waals surface area contributed by atoms with E-state index in [0.717, 1.165) is 24.2 Å². The molecule has 2 atom stereocenters. The Morgan fingerprint density at radius 2 is 1.45 bits per heavy atom. The summed E-state index contributed by atoms with van der Waals surface area (Å²) in [7, 11) is 1.63. The Balaban J connectivity index is 2.02. The van der Waals surface area contributed by atoms with Crippen LogP contribution in [-0.4, -0.2) is 17.3 Å². The van der Waals surface area contributed by atoms with Gasteiger partial charge in [-0.05, 0) is 54.0 Å². The summed E-state index contributed by atoms with van der Waals surface area (Å²) in [5, 5.41) is 18.9. The summed E-state index contributed by atoms with van der Waals surface area (Å²) in [6.07, 6.45) is 1.88. The summed E-state index contributed by atoms with van der Waals surface area (Å²) in [6, 6.07) is 12.7. The molecule has 0 saturated heterocycles. The van der Waals surface area contributed by atoms with Gasteiger partial charge >= 0.3 is 0 Å². The fraction of sp³-hybridized carbons (Fsp3) is 0.368. The average Bonchev–Trinajstić information content (AvgIpc) is 2.51. The zero-order chi connectivity index (χ0) is 16.1. The van der Waals surface area contributed by atoms with Crippen LogP contribution in [-0.2, 0) is 12.8 Å². The SMILES string of the molecule is COc1cc(O)ccc1CC(C)C(C)Cc1ccc(O)cc1. The van der Waals surface area contributed by atoms with Crippen LogP contribution in [0.25, 0.3) is 0 Å². The molecule has 0 saturated carbocycles. The lowest BCUT2D eigenvalue weighted by atomic mass is 9.85. The second-order valence-electron chi connectivity index (χ2n) is 6.03. The topological polar surface area (TPSA) is 49.7 Å². The summed E-state index contributed by atoms with van der Waals surface area (Å²) in [5.41, 5.74) is 2.35. The van der Waals surface area contributed by atoms with Crippen molar-refractivity contribution >= 4 is 0 Å². The largest absolute Gasteiger partial charge is 0.508 e. The van der Waals surface area contributed by atoms with E-state index in [-0.39, 0.29) is 5.75 Å². The molecule has 0 fully saturated rings. The van der Waals surface area contributed by atoms with E-state index in [2.05, 4.69) is 13.8 Å². The molecular formula is C19H24O3. The maximum absolute atomic E-state index is 9.53. The van der Waals surface area contributed by atoms with Crippen molar-refractivity contribution in [2.75, 3.05) is 7.11 Å². The molecule has 0 bridgehead atoms. The van der Waals surface area contributed by atoms with Crippen LogP contribution in [0.2, 0.25) is 0 Å². The second-order valence-corrected chi connectivity index (χ2v) is 6.03. The number of methoxy groups -OCH3 is 1. The summed E-state index contributed by atoms with van der Waals surface area (Å²) < 4.78 is 5.35. The fourth-order valence-electron chi connectivity index (χ4n) is 2.65. The van der Waals surface area contributed by atoms with Gasteiger partial charge in [-0.2, -0.15) is 0 Å². The van der Waals surface area contributed by atoms with Crippen LogP contribution < -0.4 is 4.74 Å². The Kier molecular flexibility index (Phi) is 5.31. The number of phenolic OH excluding ortho intramolecular Hbond substituents is 2. The van der Waals surface area contributed by atoms with Crippen LogP contribution in [0.5, 0.6) is 17.2 Å². The minimum absolute atomic E-state index is 0.227. The van der Waals surface area contributed by atoms with Gasteiger partial charge < -0.3 is 14.9 Å². The smallest absolute Gasteiger partial charge is 0.125 e. The lowest BCUT2D eigenvalue weighted by molar-refractivity contribution is 0.366. The lowest BCUT2D eigenvalue weighted by Crippen LogP contribution is -2.14. The van der Waals surface area contributed by atoms with Crippen molar-refractivity contribution < 1.29 is 14.9 Å². The van der Waals surface area contributed by atoms with Crippen LogP contribution >= 0.6 is 0 Å². The maximum atomic E-state index is 9.53. The molecule has 0 aliphatic heterocycles. The van der Waals surface area contributed by atoms with Crippen LogP contribution in [0.15, 0.2) is 42.5 Å². The molecule has 2 rings (SSSR count). The van der Waals surface area contributed by atoms with Crippen LogP contribution in [0.3, 0.4) is 0 Å². The van der Waals surface area contributed by atoms with Crippen molar-refractivity contribution in [3.05, 3.63) is 53.6 Å². The maximum Gasteiger partial charge on any atom is 0.125 e. The van der Waals surface area contributed by atoms with Gasteiger partial charge in [0.1, 0.15) is 17.2 Å². The predicted octanol–water partition coefficient (Wildman–Crippen LogP) is 4.16. The Labute approximate surface area is 132 Å². The van der Waals surface area contributed by atoms with E-state index in [4.69, 9.17) is 4.74 Å². The van der Waals surface area contributed by atoms with Gasteiger partial charge in [0.05, 0.1) is 7.11 Å². The molecule has 0 heterocycles. The zero-order valence-corrected chi connectivity index (χ0v) is 13.4. The van der Waals surface area contributed by atoms with E-state index in [1.54, 1.807) is 31.4 Å². The number of hydrogen-bond acceptors (Lipinski definition) is 3. The van der Waals surface area contributed by atoms with E-state index in [0.29, 0.717) is 17.6 Å². The van der Waals surface area contributed by atoms with Crippen molar-refractivity contribution in [3.8, 4) is 17.2 Å². The Hall–Kier alpha value is -2.16. The van der Waals surface area contributed by atoms with E-state index >= 15 is 0 Å². The number of aromatic hydroxyl groups is 2. The molecule has 2 aromatic rings. The third kappa shape index (κ3) is 4.17. The highest BCUT2D eigenvalue weighted by Crippen LogP contribution is 2.29. The number of ether oxygens (including phenoxy) is 1. The molecule has 3 heteroatoms. The molecule has 2 N–H and O–H groups in total. The van der Waals surface area contributed by atoms with Gasteiger partial charge in [-0.15, -0.1) is 0 Å². The molecule has 0 aromatic heterocycles. The lowest BCUT2D eigenvalue weighted by Gasteiger charge is -2.21. The van der Waals surface area contributed by atoms with E-state index < -0.39 is 0 Å². The van der Waals surface area contributed by atoms with Gasteiger partial charge in [0.2, 0.25) is 0 Å². The third-order valence-electron chi connectivity index (χ3n) is 4.28. The summed E-state index contributed by atoms with van der Waals surface area (Å²) in [4.78, 5) is 0. The van der Waals surface area contributed by atoms with Crippen LogP contribution in [0.1, 0.15) is 25.0 Å².